The fourth-order valence-electron chi connectivity index (χ4n) is 4.58. The van der Waals surface area contributed by atoms with E-state index in [1.165, 1.54) is 0 Å². The predicted molar refractivity (Wildman–Crippen MR) is 151 cm³/mol. The molecule has 0 bridgehead atoms. The van der Waals surface area contributed by atoms with Crippen LogP contribution in [0.15, 0.2) is 121 Å². The Kier molecular flexibility index (Phi) is 7.25. The zero-order valence-corrected chi connectivity index (χ0v) is 21.4. The number of benzene rings is 5. The third-order valence-electron chi connectivity index (χ3n) is 6.16. The number of carbonyl (C=O) groups is 1. The zero-order valence-electron chi connectivity index (χ0n) is 19.2. The van der Waals surface area contributed by atoms with Crippen LogP contribution in [0.2, 0.25) is 15.1 Å². The second kappa shape index (κ2) is 10.7. The molecule has 1 unspecified atom stereocenters. The van der Waals surface area contributed by atoms with Crippen molar-refractivity contribution in [3.63, 3.8) is 0 Å². The molecule has 176 valence electrons. The van der Waals surface area contributed by atoms with E-state index in [0.29, 0.717) is 20.6 Å². The maximum absolute atomic E-state index is 14.7. The highest BCUT2D eigenvalue weighted by atomic mass is 35.5. The first-order chi connectivity index (χ1) is 17.5. The molecule has 0 radical (unpaired) electrons. The van der Waals surface area contributed by atoms with Gasteiger partial charge in [0.2, 0.25) is 0 Å². The summed E-state index contributed by atoms with van der Waals surface area (Å²) in [7, 11) is 0. The van der Waals surface area contributed by atoms with Gasteiger partial charge in [0, 0.05) is 20.6 Å². The summed E-state index contributed by atoms with van der Waals surface area (Å²) in [4.78, 5) is 14.7. The molecule has 5 rings (SSSR count). The van der Waals surface area contributed by atoms with Gasteiger partial charge in [-0.1, -0.05) is 120 Å². The van der Waals surface area contributed by atoms with Gasteiger partial charge in [-0.15, -0.1) is 0 Å². The van der Waals surface area contributed by atoms with Gasteiger partial charge in [0.05, 0.1) is 5.92 Å². The van der Waals surface area contributed by atoms with E-state index in [1.54, 1.807) is 0 Å². The maximum atomic E-state index is 14.7. The van der Waals surface area contributed by atoms with Crippen molar-refractivity contribution >= 4 is 40.6 Å². The van der Waals surface area contributed by atoms with Crippen molar-refractivity contribution in [2.75, 3.05) is 0 Å². The summed E-state index contributed by atoms with van der Waals surface area (Å²) < 4.78 is 0. The lowest BCUT2D eigenvalue weighted by molar-refractivity contribution is 0.0975. The fraction of sp³-hybridized carbons (Fsp3) is 0.0312. The second-order valence-electron chi connectivity index (χ2n) is 8.51. The highest BCUT2D eigenvalue weighted by molar-refractivity contribution is 6.31. The van der Waals surface area contributed by atoms with Crippen LogP contribution in [0.25, 0.3) is 22.3 Å². The standard InChI is InChI=1S/C32H21Cl3O/c33-25-13-4-10-22(18-25)28-16-7-17-29(23-11-5-14-26(34)19-23)31(28)32(36)30(21-8-2-1-3-9-21)24-12-6-15-27(35)20-24/h1-20,30H. The van der Waals surface area contributed by atoms with E-state index < -0.39 is 5.92 Å². The number of rotatable bonds is 6. The van der Waals surface area contributed by atoms with Crippen molar-refractivity contribution in [1.82, 2.24) is 0 Å². The normalized spacial score (nSPS) is 11.8. The van der Waals surface area contributed by atoms with Gasteiger partial charge in [-0.05, 0) is 69.8 Å². The molecule has 0 N–H and O–H groups in total. The average molecular weight is 528 g/mol. The second-order valence-corrected chi connectivity index (χ2v) is 9.82. The molecule has 0 amide bonds. The van der Waals surface area contributed by atoms with Gasteiger partial charge < -0.3 is 0 Å². The molecule has 4 heteroatoms. The van der Waals surface area contributed by atoms with E-state index in [-0.39, 0.29) is 5.78 Å². The quantitative estimate of drug-likeness (QED) is 0.201. The molecule has 1 atom stereocenters. The van der Waals surface area contributed by atoms with E-state index in [2.05, 4.69) is 0 Å². The molecule has 0 heterocycles. The minimum atomic E-state index is -0.553. The molecule has 0 spiro atoms. The Morgan fingerprint density at radius 3 is 1.50 bits per heavy atom. The summed E-state index contributed by atoms with van der Waals surface area (Å²) in [5.41, 5.74) is 5.68. The Labute approximate surface area is 225 Å². The average Bonchev–Trinajstić information content (AvgIpc) is 2.89. The smallest absolute Gasteiger partial charge is 0.175 e. The summed E-state index contributed by atoms with van der Waals surface area (Å²) in [6.45, 7) is 0. The Bertz CT molecular complexity index is 1480. The van der Waals surface area contributed by atoms with Gasteiger partial charge in [-0.2, -0.15) is 0 Å². The lowest BCUT2D eigenvalue weighted by Crippen LogP contribution is -2.17. The van der Waals surface area contributed by atoms with Crippen LogP contribution in [0.3, 0.4) is 0 Å². The van der Waals surface area contributed by atoms with Crippen LogP contribution in [0.4, 0.5) is 0 Å². The Balaban J connectivity index is 1.79. The van der Waals surface area contributed by atoms with Gasteiger partial charge in [0.1, 0.15) is 0 Å². The monoisotopic (exact) mass is 526 g/mol. The van der Waals surface area contributed by atoms with Crippen LogP contribution in [-0.4, -0.2) is 5.78 Å². The largest absolute Gasteiger partial charge is 0.293 e. The number of ketones is 1. The van der Waals surface area contributed by atoms with Crippen LogP contribution < -0.4 is 0 Å². The van der Waals surface area contributed by atoms with Crippen LogP contribution in [0, 0.1) is 0 Å². The minimum absolute atomic E-state index is 0.0333. The Hall–Kier alpha value is -3.36. The van der Waals surface area contributed by atoms with Crippen molar-refractivity contribution in [3.8, 4) is 22.3 Å². The first-order valence-corrected chi connectivity index (χ1v) is 12.6. The fourth-order valence-corrected chi connectivity index (χ4v) is 5.16. The van der Waals surface area contributed by atoms with E-state index in [4.69, 9.17) is 34.8 Å². The number of carbonyl (C=O) groups excluding carboxylic acids is 1. The summed E-state index contributed by atoms with van der Waals surface area (Å²) in [6, 6.07) is 38.3. The molecule has 0 aliphatic heterocycles. The Morgan fingerprint density at radius 1 is 0.500 bits per heavy atom. The highest BCUT2D eigenvalue weighted by Gasteiger charge is 2.29. The van der Waals surface area contributed by atoms with E-state index >= 15 is 0 Å². The third-order valence-corrected chi connectivity index (χ3v) is 6.86. The molecule has 0 fully saturated rings. The summed E-state index contributed by atoms with van der Waals surface area (Å²) in [5.74, 6) is -0.586. The van der Waals surface area contributed by atoms with E-state index in [9.17, 15) is 4.79 Å². The van der Waals surface area contributed by atoms with Gasteiger partial charge in [-0.3, -0.25) is 4.79 Å². The molecule has 0 saturated carbocycles. The zero-order chi connectivity index (χ0) is 25.1. The van der Waals surface area contributed by atoms with Crippen LogP contribution in [0.5, 0.6) is 0 Å². The van der Waals surface area contributed by atoms with Crippen molar-refractivity contribution in [2.24, 2.45) is 0 Å². The molecule has 1 nitrogen and oxygen atoms in total. The van der Waals surface area contributed by atoms with Crippen LogP contribution >= 0.6 is 34.8 Å². The predicted octanol–water partition coefficient (Wildman–Crippen LogP) is 10.00. The van der Waals surface area contributed by atoms with Gasteiger partial charge >= 0.3 is 0 Å². The van der Waals surface area contributed by atoms with E-state index in [1.807, 2.05) is 121 Å². The van der Waals surface area contributed by atoms with Gasteiger partial charge in [0.15, 0.2) is 5.78 Å². The molecule has 36 heavy (non-hydrogen) atoms. The molecule has 0 aliphatic carbocycles. The van der Waals surface area contributed by atoms with Crippen molar-refractivity contribution in [1.29, 1.82) is 0 Å². The number of halogens is 3. The lowest BCUT2D eigenvalue weighted by atomic mass is 9.80. The highest BCUT2D eigenvalue weighted by Crippen LogP contribution is 2.39. The summed E-state index contributed by atoms with van der Waals surface area (Å²) >= 11 is 19.1. The van der Waals surface area contributed by atoms with Crippen molar-refractivity contribution in [2.45, 2.75) is 5.92 Å². The summed E-state index contributed by atoms with van der Waals surface area (Å²) in [5, 5.41) is 1.79. The first-order valence-electron chi connectivity index (χ1n) is 11.5. The molecular weight excluding hydrogens is 507 g/mol. The van der Waals surface area contributed by atoms with Gasteiger partial charge in [-0.25, -0.2) is 0 Å². The van der Waals surface area contributed by atoms with Crippen molar-refractivity contribution in [3.05, 3.63) is 153 Å². The molecule has 0 saturated heterocycles. The number of hydrogen-bond donors (Lipinski definition) is 0. The topological polar surface area (TPSA) is 17.1 Å². The summed E-state index contributed by atoms with van der Waals surface area (Å²) in [6.07, 6.45) is 0. The minimum Gasteiger partial charge on any atom is -0.293 e. The number of hydrogen-bond acceptors (Lipinski definition) is 1. The van der Waals surface area contributed by atoms with Crippen molar-refractivity contribution < 1.29 is 4.79 Å². The Morgan fingerprint density at radius 2 is 0.972 bits per heavy atom. The van der Waals surface area contributed by atoms with Crippen LogP contribution in [-0.2, 0) is 0 Å². The molecule has 5 aromatic rings. The lowest BCUT2D eigenvalue weighted by Gasteiger charge is -2.22. The van der Waals surface area contributed by atoms with Crippen LogP contribution in [0.1, 0.15) is 27.4 Å². The number of Topliss-reactive ketones (excluding diaryl/α,β-unsaturated/α-hetero) is 1. The first kappa shape index (κ1) is 24.3. The third kappa shape index (κ3) is 5.10. The van der Waals surface area contributed by atoms with Gasteiger partial charge in [0.25, 0.3) is 0 Å². The maximum Gasteiger partial charge on any atom is 0.175 e. The molecule has 0 aliphatic rings. The van der Waals surface area contributed by atoms with E-state index in [0.717, 1.165) is 33.4 Å². The molecular formula is C32H21Cl3O. The molecule has 0 aromatic heterocycles. The molecule has 5 aromatic carbocycles. The SMILES string of the molecule is O=C(c1c(-c2cccc(Cl)c2)cccc1-c1cccc(Cl)c1)C(c1ccccc1)c1cccc(Cl)c1.